The number of nitrogens with one attached hydrogen (secondary N) is 1. The zero-order valence-electron chi connectivity index (χ0n) is 14.6. The summed E-state index contributed by atoms with van der Waals surface area (Å²) in [5.74, 6) is 0.545. The quantitative estimate of drug-likeness (QED) is 0.778. The van der Waals surface area contributed by atoms with E-state index in [4.69, 9.17) is 0 Å². The molecule has 0 unspecified atom stereocenters. The molecule has 2 aromatic heterocycles. The molecule has 3 aromatic rings. The van der Waals surface area contributed by atoms with Gasteiger partial charge in [-0.2, -0.15) is 0 Å². The minimum atomic E-state index is -0.108. The van der Waals surface area contributed by atoms with Crippen LogP contribution < -0.4 is 10.2 Å². The van der Waals surface area contributed by atoms with Gasteiger partial charge in [0, 0.05) is 57.4 Å². The summed E-state index contributed by atoms with van der Waals surface area (Å²) in [6, 6.07) is 11.7. The summed E-state index contributed by atoms with van der Waals surface area (Å²) in [5.41, 5.74) is 3.46. The monoisotopic (exact) mass is 335 g/mol. The van der Waals surface area contributed by atoms with Gasteiger partial charge in [0.05, 0.1) is 0 Å². The predicted octanol–water partition coefficient (Wildman–Crippen LogP) is 2.48. The third kappa shape index (κ3) is 3.85. The van der Waals surface area contributed by atoms with Gasteiger partial charge < -0.3 is 14.8 Å². The molecule has 1 aromatic carbocycles. The molecule has 2 heterocycles. The van der Waals surface area contributed by atoms with Crippen LogP contribution in [0.1, 0.15) is 16.1 Å². The zero-order chi connectivity index (χ0) is 17.8. The largest absolute Gasteiger partial charge is 0.347 e. The van der Waals surface area contributed by atoms with Gasteiger partial charge in [-0.25, -0.2) is 9.97 Å². The summed E-state index contributed by atoms with van der Waals surface area (Å²) in [5, 5.41) is 2.95. The molecule has 6 heteroatoms. The lowest BCUT2D eigenvalue weighted by Crippen LogP contribution is -2.24. The normalized spacial score (nSPS) is 10.5. The van der Waals surface area contributed by atoms with Gasteiger partial charge in [0.1, 0.15) is 5.69 Å². The SMILES string of the molecule is CN(C)c1ncc(-c2cc(C(=O)NCc3ccccc3)n(C)c2)cn1. The van der Waals surface area contributed by atoms with Crippen LogP contribution in [0.5, 0.6) is 0 Å². The third-order valence-corrected chi connectivity index (χ3v) is 3.91. The molecule has 0 radical (unpaired) electrons. The fraction of sp³-hybridized carbons (Fsp3) is 0.211. The molecule has 0 fully saturated rings. The van der Waals surface area contributed by atoms with E-state index in [1.54, 1.807) is 12.4 Å². The van der Waals surface area contributed by atoms with E-state index >= 15 is 0 Å². The maximum Gasteiger partial charge on any atom is 0.268 e. The third-order valence-electron chi connectivity index (χ3n) is 3.91. The van der Waals surface area contributed by atoms with Crippen molar-refractivity contribution in [3.63, 3.8) is 0 Å². The first kappa shape index (κ1) is 16.7. The second kappa shape index (κ2) is 7.17. The smallest absolute Gasteiger partial charge is 0.268 e. The lowest BCUT2D eigenvalue weighted by atomic mass is 10.2. The van der Waals surface area contributed by atoms with E-state index in [-0.39, 0.29) is 5.91 Å². The minimum Gasteiger partial charge on any atom is -0.347 e. The van der Waals surface area contributed by atoms with Crippen LogP contribution in [0.25, 0.3) is 11.1 Å². The molecule has 0 aliphatic rings. The molecule has 1 N–H and O–H groups in total. The van der Waals surface area contributed by atoms with Gasteiger partial charge in [0.25, 0.3) is 5.91 Å². The van der Waals surface area contributed by atoms with Crippen molar-refractivity contribution in [2.75, 3.05) is 19.0 Å². The second-order valence-corrected chi connectivity index (χ2v) is 6.06. The highest BCUT2D eigenvalue weighted by Crippen LogP contribution is 2.21. The van der Waals surface area contributed by atoms with Gasteiger partial charge in [-0.15, -0.1) is 0 Å². The van der Waals surface area contributed by atoms with Crippen LogP contribution >= 0.6 is 0 Å². The van der Waals surface area contributed by atoms with Crippen LogP contribution in [0.2, 0.25) is 0 Å². The summed E-state index contributed by atoms with van der Waals surface area (Å²) < 4.78 is 1.81. The summed E-state index contributed by atoms with van der Waals surface area (Å²) >= 11 is 0. The van der Waals surface area contributed by atoms with E-state index in [0.717, 1.165) is 16.7 Å². The van der Waals surface area contributed by atoms with Gasteiger partial charge in [0.15, 0.2) is 0 Å². The number of rotatable bonds is 5. The predicted molar refractivity (Wildman–Crippen MR) is 98.4 cm³/mol. The lowest BCUT2D eigenvalue weighted by molar-refractivity contribution is 0.0943. The Kier molecular flexibility index (Phi) is 4.79. The highest BCUT2D eigenvalue weighted by Gasteiger charge is 2.13. The van der Waals surface area contributed by atoms with Crippen molar-refractivity contribution in [2.24, 2.45) is 7.05 Å². The fourth-order valence-electron chi connectivity index (χ4n) is 2.52. The van der Waals surface area contributed by atoms with E-state index in [9.17, 15) is 4.79 Å². The number of aromatic nitrogens is 3. The van der Waals surface area contributed by atoms with Crippen LogP contribution in [0, 0.1) is 0 Å². The summed E-state index contributed by atoms with van der Waals surface area (Å²) in [4.78, 5) is 22.9. The first-order valence-corrected chi connectivity index (χ1v) is 8.03. The van der Waals surface area contributed by atoms with Crippen molar-refractivity contribution in [3.8, 4) is 11.1 Å². The van der Waals surface area contributed by atoms with E-state index in [1.807, 2.05) is 73.2 Å². The highest BCUT2D eigenvalue weighted by molar-refractivity contribution is 5.94. The molecular weight excluding hydrogens is 314 g/mol. The summed E-state index contributed by atoms with van der Waals surface area (Å²) in [6.07, 6.45) is 5.44. The van der Waals surface area contributed by atoms with Gasteiger partial charge in [-0.3, -0.25) is 4.79 Å². The van der Waals surface area contributed by atoms with E-state index in [2.05, 4.69) is 15.3 Å². The van der Waals surface area contributed by atoms with E-state index in [1.165, 1.54) is 0 Å². The zero-order valence-corrected chi connectivity index (χ0v) is 14.6. The van der Waals surface area contributed by atoms with Gasteiger partial charge in [0.2, 0.25) is 5.95 Å². The number of hydrogen-bond donors (Lipinski definition) is 1. The Morgan fingerprint density at radius 3 is 2.44 bits per heavy atom. The number of aryl methyl sites for hydroxylation is 1. The highest BCUT2D eigenvalue weighted by atomic mass is 16.1. The Balaban J connectivity index is 1.74. The molecule has 3 rings (SSSR count). The molecule has 0 bridgehead atoms. The summed E-state index contributed by atoms with van der Waals surface area (Å²) in [6.45, 7) is 0.501. The Hall–Kier alpha value is -3.15. The molecule has 1 amide bonds. The first-order valence-electron chi connectivity index (χ1n) is 8.03. The fourth-order valence-corrected chi connectivity index (χ4v) is 2.52. The molecule has 0 atom stereocenters. The molecule has 0 aliphatic carbocycles. The molecule has 0 saturated heterocycles. The Bertz CT molecular complexity index is 853. The topological polar surface area (TPSA) is 63.1 Å². The molecule has 25 heavy (non-hydrogen) atoms. The van der Waals surface area contributed by atoms with Crippen LogP contribution in [0.15, 0.2) is 55.0 Å². The van der Waals surface area contributed by atoms with Crippen molar-refractivity contribution in [2.45, 2.75) is 6.54 Å². The number of anilines is 1. The first-order chi connectivity index (χ1) is 12.0. The van der Waals surface area contributed by atoms with Gasteiger partial charge in [-0.1, -0.05) is 30.3 Å². The molecule has 6 nitrogen and oxygen atoms in total. The Morgan fingerprint density at radius 1 is 1.12 bits per heavy atom. The second-order valence-electron chi connectivity index (χ2n) is 6.06. The molecule has 0 spiro atoms. The molecule has 128 valence electrons. The van der Waals surface area contributed by atoms with Gasteiger partial charge in [-0.05, 0) is 11.6 Å². The van der Waals surface area contributed by atoms with Gasteiger partial charge >= 0.3 is 0 Å². The molecule has 0 saturated carbocycles. The standard InChI is InChI=1S/C19H21N5O/c1-23(2)19-21-11-16(12-22-19)15-9-17(24(3)13-15)18(25)20-10-14-7-5-4-6-8-14/h4-9,11-13H,10H2,1-3H3,(H,20,25). The Labute approximate surface area is 147 Å². The number of carbonyl (C=O) groups is 1. The van der Waals surface area contributed by atoms with E-state index < -0.39 is 0 Å². The van der Waals surface area contributed by atoms with Crippen molar-refractivity contribution in [3.05, 3.63) is 66.2 Å². The van der Waals surface area contributed by atoms with Crippen LogP contribution in [0.4, 0.5) is 5.95 Å². The Morgan fingerprint density at radius 2 is 1.80 bits per heavy atom. The number of nitrogens with zero attached hydrogens (tertiary/aromatic N) is 4. The number of carbonyl (C=O) groups excluding carboxylic acids is 1. The number of amides is 1. The van der Waals surface area contributed by atoms with Crippen LogP contribution in [0.3, 0.4) is 0 Å². The van der Waals surface area contributed by atoms with Crippen LogP contribution in [-0.4, -0.2) is 34.5 Å². The minimum absolute atomic E-state index is 0.108. The maximum absolute atomic E-state index is 12.5. The van der Waals surface area contributed by atoms with Crippen molar-refractivity contribution in [1.82, 2.24) is 19.9 Å². The number of hydrogen-bond acceptors (Lipinski definition) is 4. The summed E-state index contributed by atoms with van der Waals surface area (Å²) in [7, 11) is 5.65. The molecule has 0 aliphatic heterocycles. The lowest BCUT2D eigenvalue weighted by Gasteiger charge is -2.09. The number of benzene rings is 1. The van der Waals surface area contributed by atoms with Crippen molar-refractivity contribution < 1.29 is 4.79 Å². The average Bonchev–Trinajstić information content (AvgIpc) is 3.02. The van der Waals surface area contributed by atoms with Crippen molar-refractivity contribution >= 4 is 11.9 Å². The maximum atomic E-state index is 12.5. The van der Waals surface area contributed by atoms with E-state index in [0.29, 0.717) is 18.2 Å². The average molecular weight is 335 g/mol. The van der Waals surface area contributed by atoms with Crippen LogP contribution in [-0.2, 0) is 13.6 Å². The van der Waals surface area contributed by atoms with Crippen molar-refractivity contribution in [1.29, 1.82) is 0 Å². The molecular formula is C19H21N5O.